The van der Waals surface area contributed by atoms with Crippen molar-refractivity contribution >= 4 is 41.7 Å². The third-order valence-electron chi connectivity index (χ3n) is 3.05. The third-order valence-corrected chi connectivity index (χ3v) is 4.14. The van der Waals surface area contributed by atoms with Crippen molar-refractivity contribution in [2.24, 2.45) is 10.7 Å². The van der Waals surface area contributed by atoms with Crippen LogP contribution in [0.15, 0.2) is 40.2 Å². The van der Waals surface area contributed by atoms with Gasteiger partial charge in [0.1, 0.15) is 0 Å². The highest BCUT2D eigenvalue weighted by molar-refractivity contribution is 14.0. The van der Waals surface area contributed by atoms with Crippen molar-refractivity contribution in [1.29, 1.82) is 0 Å². The van der Waals surface area contributed by atoms with Crippen LogP contribution in [0, 0.1) is 0 Å². The van der Waals surface area contributed by atoms with E-state index < -0.39 is 0 Å². The van der Waals surface area contributed by atoms with Gasteiger partial charge in [-0.05, 0) is 25.0 Å². The van der Waals surface area contributed by atoms with Gasteiger partial charge in [0.05, 0.1) is 6.54 Å². The zero-order valence-corrected chi connectivity index (χ0v) is 14.6. The molecule has 2 rings (SSSR count). The Morgan fingerprint density at radius 1 is 1.42 bits per heavy atom. The first-order valence-electron chi connectivity index (χ1n) is 6.41. The van der Waals surface area contributed by atoms with E-state index in [4.69, 9.17) is 5.73 Å². The van der Waals surface area contributed by atoms with Crippen molar-refractivity contribution in [3.63, 3.8) is 0 Å². The molecule has 0 aromatic heterocycles. The Hall–Kier alpha value is -0.430. The number of rotatable bonds is 5. The van der Waals surface area contributed by atoms with Crippen LogP contribution in [0.3, 0.4) is 0 Å². The lowest BCUT2D eigenvalue weighted by Crippen LogP contribution is -2.36. The first kappa shape index (κ1) is 16.6. The minimum atomic E-state index is 0. The van der Waals surface area contributed by atoms with E-state index in [9.17, 15) is 0 Å². The molecule has 0 radical (unpaired) electrons. The summed E-state index contributed by atoms with van der Waals surface area (Å²) in [5, 5.41) is 0.443. The molecule has 1 fully saturated rings. The van der Waals surface area contributed by atoms with Gasteiger partial charge in [0.2, 0.25) is 0 Å². The maximum absolute atomic E-state index is 5.97. The Morgan fingerprint density at radius 3 is 2.63 bits per heavy atom. The summed E-state index contributed by atoms with van der Waals surface area (Å²) in [5.74, 6) is 0.679. The second-order valence-electron chi connectivity index (χ2n) is 4.78. The fourth-order valence-corrected chi connectivity index (χ4v) is 2.68. The molecule has 3 nitrogen and oxygen atoms in total. The predicted molar refractivity (Wildman–Crippen MR) is 94.5 cm³/mol. The van der Waals surface area contributed by atoms with Gasteiger partial charge in [-0.1, -0.05) is 25.1 Å². The number of hydrogen-bond acceptors (Lipinski definition) is 2. The van der Waals surface area contributed by atoms with Gasteiger partial charge in [-0.15, -0.1) is 35.7 Å². The Balaban J connectivity index is 0.00000180. The van der Waals surface area contributed by atoms with Gasteiger partial charge in [0.15, 0.2) is 5.96 Å². The third kappa shape index (κ3) is 5.60. The fourth-order valence-electron chi connectivity index (χ4n) is 1.75. The number of nitrogens with two attached hydrogens (primary N) is 1. The predicted octanol–water partition coefficient (Wildman–Crippen LogP) is 3.19. The molecule has 106 valence electrons. The van der Waals surface area contributed by atoms with Crippen LogP contribution in [0.5, 0.6) is 0 Å². The number of thioether (sulfide) groups is 1. The van der Waals surface area contributed by atoms with Crippen LogP contribution in [0.1, 0.15) is 19.8 Å². The fraction of sp³-hybridized carbons (Fsp3) is 0.500. The summed E-state index contributed by atoms with van der Waals surface area (Å²) >= 11 is 1.84. The zero-order chi connectivity index (χ0) is 13.0. The molecule has 2 N–H and O–H groups in total. The molecule has 1 aromatic carbocycles. The highest BCUT2D eigenvalue weighted by Gasteiger charge is 2.27. The van der Waals surface area contributed by atoms with Crippen LogP contribution < -0.4 is 5.73 Å². The van der Waals surface area contributed by atoms with E-state index in [1.165, 1.54) is 17.7 Å². The standard InChI is InChI=1S/C14H21N3S.HI/c1-11(18-13-6-4-3-5-7-13)10-16-14(15)17(2)12-8-9-12;/h3-7,11-12H,8-10H2,1-2H3,(H2,15,16);1H. The molecule has 1 aliphatic rings. The van der Waals surface area contributed by atoms with Crippen LogP contribution >= 0.6 is 35.7 Å². The molecular formula is C14H22IN3S. The van der Waals surface area contributed by atoms with Crippen molar-refractivity contribution in [3.8, 4) is 0 Å². The number of aliphatic imine (C=N–C) groups is 1. The lowest BCUT2D eigenvalue weighted by atomic mass is 10.4. The topological polar surface area (TPSA) is 41.6 Å². The summed E-state index contributed by atoms with van der Waals surface area (Å²) in [6.07, 6.45) is 2.50. The zero-order valence-electron chi connectivity index (χ0n) is 11.5. The summed E-state index contributed by atoms with van der Waals surface area (Å²) < 4.78 is 0. The monoisotopic (exact) mass is 391 g/mol. The lowest BCUT2D eigenvalue weighted by molar-refractivity contribution is 0.487. The first-order chi connectivity index (χ1) is 8.66. The van der Waals surface area contributed by atoms with E-state index >= 15 is 0 Å². The second kappa shape index (κ2) is 7.99. The molecule has 1 aromatic rings. The summed E-state index contributed by atoms with van der Waals surface area (Å²) in [4.78, 5) is 7.86. The van der Waals surface area contributed by atoms with Crippen LogP contribution in [-0.4, -0.2) is 35.7 Å². The summed E-state index contributed by atoms with van der Waals surface area (Å²) in [6.45, 7) is 2.95. The number of benzene rings is 1. The molecule has 1 aliphatic carbocycles. The van der Waals surface area contributed by atoms with E-state index in [2.05, 4.69) is 41.1 Å². The average Bonchev–Trinajstić information content (AvgIpc) is 3.20. The second-order valence-corrected chi connectivity index (χ2v) is 6.29. The van der Waals surface area contributed by atoms with Gasteiger partial charge in [-0.3, -0.25) is 4.99 Å². The molecule has 5 heteroatoms. The Labute approximate surface area is 137 Å². The van der Waals surface area contributed by atoms with Crippen molar-refractivity contribution in [1.82, 2.24) is 4.90 Å². The van der Waals surface area contributed by atoms with E-state index in [0.29, 0.717) is 17.3 Å². The van der Waals surface area contributed by atoms with Gasteiger partial charge >= 0.3 is 0 Å². The molecule has 19 heavy (non-hydrogen) atoms. The molecular weight excluding hydrogens is 369 g/mol. The molecule has 0 saturated heterocycles. The minimum absolute atomic E-state index is 0. The van der Waals surface area contributed by atoms with Gasteiger partial charge in [-0.25, -0.2) is 0 Å². The molecule has 1 saturated carbocycles. The molecule has 0 amide bonds. The molecule has 0 aliphatic heterocycles. The number of nitrogens with zero attached hydrogens (tertiary/aromatic N) is 2. The van der Waals surface area contributed by atoms with Gasteiger partial charge in [-0.2, -0.15) is 0 Å². The smallest absolute Gasteiger partial charge is 0.191 e. The number of halogens is 1. The normalized spacial score (nSPS) is 16.6. The van der Waals surface area contributed by atoms with Crippen molar-refractivity contribution in [2.75, 3.05) is 13.6 Å². The summed E-state index contributed by atoms with van der Waals surface area (Å²) in [7, 11) is 2.03. The highest BCUT2D eigenvalue weighted by atomic mass is 127. The first-order valence-corrected chi connectivity index (χ1v) is 7.29. The molecule has 0 spiro atoms. The molecule has 0 heterocycles. The Morgan fingerprint density at radius 2 is 2.05 bits per heavy atom. The van der Waals surface area contributed by atoms with Gasteiger partial charge in [0, 0.05) is 23.2 Å². The quantitative estimate of drug-likeness (QED) is 0.363. The summed E-state index contributed by atoms with van der Waals surface area (Å²) in [5.41, 5.74) is 5.97. The minimum Gasteiger partial charge on any atom is -0.370 e. The molecule has 1 atom stereocenters. The van der Waals surface area contributed by atoms with Crippen LogP contribution in [-0.2, 0) is 0 Å². The highest BCUT2D eigenvalue weighted by Crippen LogP contribution is 2.25. The largest absolute Gasteiger partial charge is 0.370 e. The maximum Gasteiger partial charge on any atom is 0.191 e. The van der Waals surface area contributed by atoms with Crippen molar-refractivity contribution in [3.05, 3.63) is 30.3 Å². The van der Waals surface area contributed by atoms with Crippen molar-refractivity contribution < 1.29 is 0 Å². The van der Waals surface area contributed by atoms with E-state index in [-0.39, 0.29) is 24.0 Å². The van der Waals surface area contributed by atoms with Gasteiger partial charge < -0.3 is 10.6 Å². The van der Waals surface area contributed by atoms with Gasteiger partial charge in [0.25, 0.3) is 0 Å². The van der Waals surface area contributed by atoms with E-state index in [0.717, 1.165) is 6.54 Å². The maximum atomic E-state index is 5.97. The SMILES string of the molecule is CC(CN=C(N)N(C)C1CC1)Sc1ccccc1.I. The van der Waals surface area contributed by atoms with Crippen LogP contribution in [0.25, 0.3) is 0 Å². The van der Waals surface area contributed by atoms with Crippen molar-refractivity contribution in [2.45, 2.75) is 36.0 Å². The lowest BCUT2D eigenvalue weighted by Gasteiger charge is -2.17. The number of guanidine groups is 1. The average molecular weight is 391 g/mol. The van der Waals surface area contributed by atoms with Crippen LogP contribution in [0.2, 0.25) is 0 Å². The van der Waals surface area contributed by atoms with E-state index in [1.54, 1.807) is 0 Å². The number of hydrogen-bond donors (Lipinski definition) is 1. The Kier molecular flexibility index (Phi) is 6.99. The Bertz CT molecular complexity index is 406. The summed E-state index contributed by atoms with van der Waals surface area (Å²) in [6, 6.07) is 11.1. The molecule has 1 unspecified atom stereocenters. The van der Waals surface area contributed by atoms with Crippen LogP contribution in [0.4, 0.5) is 0 Å². The molecule has 0 bridgehead atoms. The van der Waals surface area contributed by atoms with E-state index in [1.807, 2.05) is 24.9 Å².